The standard InChI is InChI=1S/C11H11N5/c1-8(2)11-14-7-15-16(11)10-4-3-9(5-12)6-13-10/h3-4,6-8H,1-2H3. The molecule has 0 unspecified atom stereocenters. The molecule has 0 fully saturated rings. The predicted molar refractivity (Wildman–Crippen MR) is 58.0 cm³/mol. The Morgan fingerprint density at radius 1 is 1.31 bits per heavy atom. The number of nitriles is 1. The molecule has 0 atom stereocenters. The van der Waals surface area contributed by atoms with Crippen LogP contribution in [0.15, 0.2) is 24.7 Å². The summed E-state index contributed by atoms with van der Waals surface area (Å²) in [5, 5.41) is 12.8. The Morgan fingerprint density at radius 2 is 2.12 bits per heavy atom. The fraction of sp³-hybridized carbons (Fsp3) is 0.273. The van der Waals surface area contributed by atoms with Crippen LogP contribution in [0.4, 0.5) is 0 Å². The Hall–Kier alpha value is -2.22. The normalized spacial score (nSPS) is 10.4. The van der Waals surface area contributed by atoms with Gasteiger partial charge in [-0.2, -0.15) is 15.0 Å². The first-order valence-electron chi connectivity index (χ1n) is 4.99. The average Bonchev–Trinajstić information content (AvgIpc) is 2.78. The smallest absolute Gasteiger partial charge is 0.155 e. The van der Waals surface area contributed by atoms with Crippen molar-refractivity contribution >= 4 is 0 Å². The first kappa shape index (κ1) is 10.3. The number of nitrogens with zero attached hydrogens (tertiary/aromatic N) is 5. The highest BCUT2D eigenvalue weighted by Crippen LogP contribution is 2.14. The molecular formula is C11H11N5. The second-order valence-electron chi connectivity index (χ2n) is 3.70. The summed E-state index contributed by atoms with van der Waals surface area (Å²) in [7, 11) is 0. The molecule has 80 valence electrons. The van der Waals surface area contributed by atoms with Crippen LogP contribution >= 0.6 is 0 Å². The second kappa shape index (κ2) is 4.11. The van der Waals surface area contributed by atoms with Gasteiger partial charge in [0.05, 0.1) is 5.56 Å². The zero-order chi connectivity index (χ0) is 11.5. The number of rotatable bonds is 2. The predicted octanol–water partition coefficient (Wildman–Crippen LogP) is 1.66. The zero-order valence-electron chi connectivity index (χ0n) is 9.12. The third-order valence-electron chi connectivity index (χ3n) is 2.18. The molecule has 0 saturated heterocycles. The minimum absolute atomic E-state index is 0.278. The molecule has 2 aromatic rings. The maximum Gasteiger partial charge on any atom is 0.155 e. The Kier molecular flexibility index (Phi) is 2.64. The van der Waals surface area contributed by atoms with Crippen molar-refractivity contribution in [3.63, 3.8) is 0 Å². The van der Waals surface area contributed by atoms with Crippen LogP contribution in [0.5, 0.6) is 0 Å². The van der Waals surface area contributed by atoms with Crippen molar-refractivity contribution in [2.75, 3.05) is 0 Å². The number of hydrogen-bond donors (Lipinski definition) is 0. The second-order valence-corrected chi connectivity index (χ2v) is 3.70. The summed E-state index contributed by atoms with van der Waals surface area (Å²) in [6, 6.07) is 5.51. The Bertz CT molecular complexity index is 518. The molecule has 0 N–H and O–H groups in total. The Morgan fingerprint density at radius 3 is 2.69 bits per heavy atom. The summed E-state index contributed by atoms with van der Waals surface area (Å²) in [6.45, 7) is 4.09. The van der Waals surface area contributed by atoms with Gasteiger partial charge in [-0.1, -0.05) is 13.8 Å². The first-order valence-corrected chi connectivity index (χ1v) is 4.99. The van der Waals surface area contributed by atoms with Gasteiger partial charge in [0.25, 0.3) is 0 Å². The average molecular weight is 213 g/mol. The van der Waals surface area contributed by atoms with Crippen LogP contribution in [-0.2, 0) is 0 Å². The van der Waals surface area contributed by atoms with Gasteiger partial charge in [-0.25, -0.2) is 9.97 Å². The van der Waals surface area contributed by atoms with Crippen LogP contribution in [0.1, 0.15) is 31.2 Å². The molecule has 0 aliphatic rings. The molecule has 0 aliphatic carbocycles. The van der Waals surface area contributed by atoms with Crippen molar-refractivity contribution < 1.29 is 0 Å². The molecule has 0 aliphatic heterocycles. The van der Waals surface area contributed by atoms with Gasteiger partial charge in [-0.15, -0.1) is 0 Å². The lowest BCUT2D eigenvalue weighted by molar-refractivity contribution is 0.702. The maximum atomic E-state index is 8.68. The summed E-state index contributed by atoms with van der Waals surface area (Å²) in [6.07, 6.45) is 3.04. The maximum absolute atomic E-state index is 8.68. The molecule has 16 heavy (non-hydrogen) atoms. The van der Waals surface area contributed by atoms with Gasteiger partial charge < -0.3 is 0 Å². The summed E-state index contributed by atoms with van der Waals surface area (Å²) >= 11 is 0. The number of hydrogen-bond acceptors (Lipinski definition) is 4. The lowest BCUT2D eigenvalue weighted by Gasteiger charge is -2.06. The van der Waals surface area contributed by atoms with E-state index in [1.54, 1.807) is 16.8 Å². The third-order valence-corrected chi connectivity index (χ3v) is 2.18. The van der Waals surface area contributed by atoms with Gasteiger partial charge in [-0.05, 0) is 12.1 Å². The van der Waals surface area contributed by atoms with E-state index in [0.29, 0.717) is 11.4 Å². The molecule has 2 heterocycles. The van der Waals surface area contributed by atoms with Gasteiger partial charge in [0.1, 0.15) is 18.2 Å². The number of pyridine rings is 1. The zero-order valence-corrected chi connectivity index (χ0v) is 9.12. The van der Waals surface area contributed by atoms with E-state index in [9.17, 15) is 0 Å². The topological polar surface area (TPSA) is 67.4 Å². The molecule has 5 heteroatoms. The highest BCUT2D eigenvalue weighted by Gasteiger charge is 2.10. The van der Waals surface area contributed by atoms with E-state index in [1.165, 1.54) is 12.5 Å². The minimum atomic E-state index is 0.278. The van der Waals surface area contributed by atoms with Gasteiger partial charge in [-0.3, -0.25) is 0 Å². The van der Waals surface area contributed by atoms with Gasteiger partial charge in [0, 0.05) is 12.1 Å². The largest absolute Gasteiger partial charge is 0.236 e. The molecule has 0 aromatic carbocycles. The molecular weight excluding hydrogens is 202 g/mol. The molecule has 0 bridgehead atoms. The fourth-order valence-corrected chi connectivity index (χ4v) is 1.40. The van der Waals surface area contributed by atoms with Crippen molar-refractivity contribution in [1.82, 2.24) is 19.7 Å². The van der Waals surface area contributed by atoms with E-state index in [1.807, 2.05) is 19.9 Å². The fourth-order valence-electron chi connectivity index (χ4n) is 1.40. The minimum Gasteiger partial charge on any atom is -0.236 e. The molecule has 2 aromatic heterocycles. The summed E-state index contributed by atoms with van der Waals surface area (Å²) < 4.78 is 1.69. The first-order chi connectivity index (χ1) is 7.72. The van der Waals surface area contributed by atoms with E-state index >= 15 is 0 Å². The molecule has 0 radical (unpaired) electrons. The SMILES string of the molecule is CC(C)c1ncnn1-c1ccc(C#N)cn1. The lowest BCUT2D eigenvalue weighted by atomic mass is 10.2. The van der Waals surface area contributed by atoms with E-state index in [0.717, 1.165) is 5.82 Å². The van der Waals surface area contributed by atoms with Gasteiger partial charge >= 0.3 is 0 Å². The van der Waals surface area contributed by atoms with Crippen LogP contribution in [-0.4, -0.2) is 19.7 Å². The highest BCUT2D eigenvalue weighted by atomic mass is 15.4. The third kappa shape index (κ3) is 1.77. The monoisotopic (exact) mass is 213 g/mol. The molecule has 0 spiro atoms. The molecule has 2 rings (SSSR count). The van der Waals surface area contributed by atoms with Crippen LogP contribution in [0, 0.1) is 11.3 Å². The van der Waals surface area contributed by atoms with Crippen molar-refractivity contribution in [3.05, 3.63) is 36.0 Å². The van der Waals surface area contributed by atoms with Crippen molar-refractivity contribution in [2.45, 2.75) is 19.8 Å². The van der Waals surface area contributed by atoms with Crippen molar-refractivity contribution in [3.8, 4) is 11.9 Å². The van der Waals surface area contributed by atoms with Crippen molar-refractivity contribution in [1.29, 1.82) is 5.26 Å². The summed E-state index contributed by atoms with van der Waals surface area (Å²) in [5.74, 6) is 1.82. The molecule has 0 saturated carbocycles. The van der Waals surface area contributed by atoms with E-state index < -0.39 is 0 Å². The van der Waals surface area contributed by atoms with Gasteiger partial charge in [0.2, 0.25) is 0 Å². The lowest BCUT2D eigenvalue weighted by Crippen LogP contribution is -2.06. The van der Waals surface area contributed by atoms with E-state index in [-0.39, 0.29) is 5.92 Å². The quantitative estimate of drug-likeness (QED) is 0.760. The van der Waals surface area contributed by atoms with Crippen LogP contribution in [0.25, 0.3) is 5.82 Å². The van der Waals surface area contributed by atoms with Crippen LogP contribution in [0.2, 0.25) is 0 Å². The van der Waals surface area contributed by atoms with E-state index in [2.05, 4.69) is 15.1 Å². The molecule has 0 amide bonds. The highest BCUT2D eigenvalue weighted by molar-refractivity contribution is 5.32. The summed E-state index contributed by atoms with van der Waals surface area (Å²) in [5.41, 5.74) is 0.537. The van der Waals surface area contributed by atoms with Crippen LogP contribution < -0.4 is 0 Å². The Labute approximate surface area is 93.4 Å². The van der Waals surface area contributed by atoms with E-state index in [4.69, 9.17) is 5.26 Å². The van der Waals surface area contributed by atoms with Gasteiger partial charge in [0.15, 0.2) is 5.82 Å². The van der Waals surface area contributed by atoms with Crippen molar-refractivity contribution in [2.24, 2.45) is 0 Å². The Balaban J connectivity index is 2.43. The molecule has 5 nitrogen and oxygen atoms in total. The van der Waals surface area contributed by atoms with Crippen LogP contribution in [0.3, 0.4) is 0 Å². The number of aromatic nitrogens is 4. The summed E-state index contributed by atoms with van der Waals surface area (Å²) in [4.78, 5) is 8.35.